The molecule has 1 heterocycles. The van der Waals surface area contributed by atoms with Gasteiger partial charge in [-0.3, -0.25) is 0 Å². The minimum absolute atomic E-state index is 0.673. The topological polar surface area (TPSA) is 35.0 Å². The van der Waals surface area contributed by atoms with Gasteiger partial charge in [-0.05, 0) is 26.2 Å². The Bertz CT molecular complexity index is 321. The van der Waals surface area contributed by atoms with E-state index in [2.05, 4.69) is 16.9 Å². The number of aromatic nitrogens is 2. The fraction of sp³-hybridized carbons (Fsp3) is 0.636. The molecular formula is C11H16N2O. The highest BCUT2D eigenvalue weighted by atomic mass is 16.5. The van der Waals surface area contributed by atoms with E-state index in [1.165, 1.54) is 24.1 Å². The Morgan fingerprint density at radius 3 is 2.71 bits per heavy atom. The van der Waals surface area contributed by atoms with Crippen LogP contribution in [0.3, 0.4) is 0 Å². The molecule has 1 aromatic heterocycles. The molecule has 1 aliphatic carbocycles. The Balaban J connectivity index is 2.34. The number of ether oxygens (including phenoxy) is 1. The van der Waals surface area contributed by atoms with Gasteiger partial charge < -0.3 is 4.74 Å². The zero-order valence-corrected chi connectivity index (χ0v) is 8.79. The summed E-state index contributed by atoms with van der Waals surface area (Å²) in [4.78, 5) is 8.54. The van der Waals surface area contributed by atoms with Crippen LogP contribution < -0.4 is 4.74 Å². The third-order valence-electron chi connectivity index (χ3n) is 2.54. The first kappa shape index (κ1) is 9.44. The lowest BCUT2D eigenvalue weighted by Gasteiger charge is -2.10. The maximum absolute atomic E-state index is 5.50. The van der Waals surface area contributed by atoms with Crippen molar-refractivity contribution in [3.63, 3.8) is 0 Å². The predicted octanol–water partition coefficient (Wildman–Crippen LogP) is 2.32. The van der Waals surface area contributed by atoms with Crippen LogP contribution >= 0.6 is 0 Å². The standard InChI is InChI=1S/C11H16N2O/c1-3-9-10(8-5-6-8)12-7-13-11(9)14-4-2/h7-8H,3-6H2,1-2H3. The molecule has 1 saturated carbocycles. The van der Waals surface area contributed by atoms with Crippen LogP contribution in [0.15, 0.2) is 6.33 Å². The summed E-state index contributed by atoms with van der Waals surface area (Å²) >= 11 is 0. The minimum atomic E-state index is 0.673. The van der Waals surface area contributed by atoms with Crippen molar-refractivity contribution in [1.29, 1.82) is 0 Å². The van der Waals surface area contributed by atoms with Gasteiger partial charge in [0, 0.05) is 11.5 Å². The first-order valence-corrected chi connectivity index (χ1v) is 5.33. The first-order valence-electron chi connectivity index (χ1n) is 5.33. The van der Waals surface area contributed by atoms with Gasteiger partial charge in [0.25, 0.3) is 0 Å². The van der Waals surface area contributed by atoms with Crippen molar-refractivity contribution in [3.05, 3.63) is 17.6 Å². The summed E-state index contributed by atoms with van der Waals surface area (Å²) in [6.07, 6.45) is 5.13. The second-order valence-corrected chi connectivity index (χ2v) is 3.60. The number of nitrogens with zero attached hydrogens (tertiary/aromatic N) is 2. The first-order chi connectivity index (χ1) is 6.86. The molecule has 0 unspecified atom stereocenters. The van der Waals surface area contributed by atoms with E-state index in [0.717, 1.165) is 12.3 Å². The number of hydrogen-bond acceptors (Lipinski definition) is 3. The quantitative estimate of drug-likeness (QED) is 0.734. The third-order valence-corrected chi connectivity index (χ3v) is 2.54. The van der Waals surface area contributed by atoms with Crippen molar-refractivity contribution in [2.75, 3.05) is 6.61 Å². The fourth-order valence-electron chi connectivity index (χ4n) is 1.71. The average Bonchev–Trinajstić information content (AvgIpc) is 3.01. The van der Waals surface area contributed by atoms with E-state index in [1.807, 2.05) is 6.92 Å². The molecule has 2 rings (SSSR count). The molecule has 0 aromatic carbocycles. The summed E-state index contributed by atoms with van der Waals surface area (Å²) in [6.45, 7) is 4.79. The molecule has 3 nitrogen and oxygen atoms in total. The van der Waals surface area contributed by atoms with Crippen molar-refractivity contribution in [2.24, 2.45) is 0 Å². The van der Waals surface area contributed by atoms with E-state index in [4.69, 9.17) is 4.74 Å². The number of rotatable bonds is 4. The van der Waals surface area contributed by atoms with Crippen LogP contribution in [0.5, 0.6) is 5.88 Å². The molecule has 0 saturated heterocycles. The highest BCUT2D eigenvalue weighted by Crippen LogP contribution is 2.41. The summed E-state index contributed by atoms with van der Waals surface area (Å²) in [5.74, 6) is 1.46. The normalized spacial score (nSPS) is 15.6. The lowest BCUT2D eigenvalue weighted by atomic mass is 10.1. The van der Waals surface area contributed by atoms with Gasteiger partial charge in [-0.15, -0.1) is 0 Å². The monoisotopic (exact) mass is 192 g/mol. The zero-order chi connectivity index (χ0) is 9.97. The van der Waals surface area contributed by atoms with E-state index in [1.54, 1.807) is 6.33 Å². The van der Waals surface area contributed by atoms with Crippen LogP contribution in [0.1, 0.15) is 43.9 Å². The third kappa shape index (κ3) is 1.72. The molecule has 14 heavy (non-hydrogen) atoms. The van der Waals surface area contributed by atoms with Gasteiger partial charge >= 0.3 is 0 Å². The van der Waals surface area contributed by atoms with Crippen LogP contribution in [0.4, 0.5) is 0 Å². The van der Waals surface area contributed by atoms with Gasteiger partial charge in [0.05, 0.1) is 12.3 Å². The second kappa shape index (κ2) is 3.95. The Hall–Kier alpha value is -1.12. The van der Waals surface area contributed by atoms with Gasteiger partial charge in [0.2, 0.25) is 5.88 Å². The van der Waals surface area contributed by atoms with Crippen molar-refractivity contribution >= 4 is 0 Å². The maximum Gasteiger partial charge on any atom is 0.219 e. The smallest absolute Gasteiger partial charge is 0.219 e. The molecule has 3 heteroatoms. The number of hydrogen-bond donors (Lipinski definition) is 0. The molecule has 0 N–H and O–H groups in total. The molecule has 76 valence electrons. The Morgan fingerprint density at radius 1 is 1.36 bits per heavy atom. The summed E-state index contributed by atoms with van der Waals surface area (Å²) < 4.78 is 5.50. The molecule has 0 atom stereocenters. The van der Waals surface area contributed by atoms with Crippen molar-refractivity contribution in [1.82, 2.24) is 9.97 Å². The molecule has 1 fully saturated rings. The largest absolute Gasteiger partial charge is 0.478 e. The van der Waals surface area contributed by atoms with Gasteiger partial charge in [-0.1, -0.05) is 6.92 Å². The van der Waals surface area contributed by atoms with E-state index in [-0.39, 0.29) is 0 Å². The molecule has 0 aliphatic heterocycles. The summed E-state index contributed by atoms with van der Waals surface area (Å²) in [7, 11) is 0. The molecule has 0 bridgehead atoms. The zero-order valence-electron chi connectivity index (χ0n) is 8.79. The SMILES string of the molecule is CCOc1ncnc(C2CC2)c1CC. The molecule has 0 radical (unpaired) electrons. The van der Waals surface area contributed by atoms with Crippen LogP contribution in [-0.4, -0.2) is 16.6 Å². The van der Waals surface area contributed by atoms with E-state index in [0.29, 0.717) is 12.5 Å². The second-order valence-electron chi connectivity index (χ2n) is 3.60. The van der Waals surface area contributed by atoms with Crippen molar-refractivity contribution in [2.45, 2.75) is 39.0 Å². The summed E-state index contributed by atoms with van der Waals surface area (Å²) in [5.41, 5.74) is 2.42. The molecule has 1 aromatic rings. The lowest BCUT2D eigenvalue weighted by molar-refractivity contribution is 0.321. The molecule has 0 spiro atoms. The lowest BCUT2D eigenvalue weighted by Crippen LogP contribution is -2.03. The van der Waals surface area contributed by atoms with E-state index in [9.17, 15) is 0 Å². The van der Waals surface area contributed by atoms with Crippen molar-refractivity contribution in [3.8, 4) is 5.88 Å². The van der Waals surface area contributed by atoms with Crippen molar-refractivity contribution < 1.29 is 4.74 Å². The van der Waals surface area contributed by atoms with E-state index >= 15 is 0 Å². The van der Waals surface area contributed by atoms with Crippen LogP contribution in [0.2, 0.25) is 0 Å². The minimum Gasteiger partial charge on any atom is -0.478 e. The fourth-order valence-corrected chi connectivity index (χ4v) is 1.71. The molecular weight excluding hydrogens is 176 g/mol. The molecule has 0 amide bonds. The Morgan fingerprint density at radius 2 is 2.14 bits per heavy atom. The Kier molecular flexibility index (Phi) is 2.66. The summed E-state index contributed by atoms with van der Waals surface area (Å²) in [5, 5.41) is 0. The van der Waals surface area contributed by atoms with Crippen LogP contribution in [0, 0.1) is 0 Å². The predicted molar refractivity (Wildman–Crippen MR) is 54.6 cm³/mol. The highest BCUT2D eigenvalue weighted by Gasteiger charge is 2.28. The van der Waals surface area contributed by atoms with Gasteiger partial charge in [0.15, 0.2) is 0 Å². The van der Waals surface area contributed by atoms with Crippen LogP contribution in [0.25, 0.3) is 0 Å². The van der Waals surface area contributed by atoms with E-state index < -0.39 is 0 Å². The average molecular weight is 192 g/mol. The van der Waals surface area contributed by atoms with Gasteiger partial charge in [-0.25, -0.2) is 9.97 Å². The maximum atomic E-state index is 5.50. The van der Waals surface area contributed by atoms with Gasteiger partial charge in [0.1, 0.15) is 6.33 Å². The Labute approximate surface area is 84.5 Å². The van der Waals surface area contributed by atoms with Crippen LogP contribution in [-0.2, 0) is 6.42 Å². The molecule has 1 aliphatic rings. The highest BCUT2D eigenvalue weighted by molar-refractivity contribution is 5.34. The summed E-state index contributed by atoms with van der Waals surface area (Å²) in [6, 6.07) is 0. The van der Waals surface area contributed by atoms with Gasteiger partial charge in [-0.2, -0.15) is 0 Å².